The van der Waals surface area contributed by atoms with Crippen LogP contribution >= 0.6 is 11.3 Å². The molecule has 3 N–H and O–H groups in total. The zero-order chi connectivity index (χ0) is 21.7. The van der Waals surface area contributed by atoms with Gasteiger partial charge >= 0.3 is 11.9 Å². The van der Waals surface area contributed by atoms with E-state index in [1.807, 2.05) is 0 Å². The minimum absolute atomic E-state index is 0.208. The predicted molar refractivity (Wildman–Crippen MR) is 113 cm³/mol. The van der Waals surface area contributed by atoms with E-state index in [2.05, 4.69) is 5.32 Å². The van der Waals surface area contributed by atoms with Gasteiger partial charge in [0.25, 0.3) is 5.91 Å². The van der Waals surface area contributed by atoms with Crippen molar-refractivity contribution in [1.29, 1.82) is 0 Å². The number of carbonyl (C=O) groups excluding carboxylic acids is 3. The summed E-state index contributed by atoms with van der Waals surface area (Å²) in [6.45, 7) is 1.50. The Kier molecular flexibility index (Phi) is 6.94. The second-order valence-corrected chi connectivity index (χ2v) is 7.82. The number of esters is 2. The Morgan fingerprint density at radius 1 is 1.13 bits per heavy atom. The Morgan fingerprint density at radius 2 is 1.90 bits per heavy atom. The summed E-state index contributed by atoms with van der Waals surface area (Å²) in [5, 5.41) is 3.14. The standard InChI is InChI=1S/C21H24N2O6S/c1-3-28-21(26)18-13-6-4-5-7-16(13)30-19(18)23-17(24)11-29-20(25)12-8-9-15(27-2)14(22)10-12/h8-10H,3-7,11,22H2,1-2H3,(H,23,24). The lowest BCUT2D eigenvalue weighted by atomic mass is 9.95. The summed E-state index contributed by atoms with van der Waals surface area (Å²) in [5.74, 6) is -1.22. The number of nitrogen functional groups attached to an aromatic ring is 1. The Bertz CT molecular complexity index is 969. The molecule has 1 aliphatic rings. The minimum atomic E-state index is -0.685. The number of methoxy groups -OCH3 is 1. The van der Waals surface area contributed by atoms with Crippen molar-refractivity contribution in [2.45, 2.75) is 32.6 Å². The molecule has 3 rings (SSSR count). The van der Waals surface area contributed by atoms with Gasteiger partial charge in [0.15, 0.2) is 6.61 Å². The second kappa shape index (κ2) is 9.62. The van der Waals surface area contributed by atoms with Crippen LogP contribution in [0.15, 0.2) is 18.2 Å². The van der Waals surface area contributed by atoms with Crippen molar-refractivity contribution in [3.05, 3.63) is 39.8 Å². The summed E-state index contributed by atoms with van der Waals surface area (Å²) >= 11 is 1.38. The third-order valence-corrected chi connectivity index (χ3v) is 5.91. The number of nitrogens with two attached hydrogens (primary N) is 1. The molecule has 1 aromatic heterocycles. The number of ether oxygens (including phenoxy) is 3. The van der Waals surface area contributed by atoms with Crippen LogP contribution in [0.2, 0.25) is 0 Å². The van der Waals surface area contributed by atoms with Gasteiger partial charge in [-0.25, -0.2) is 9.59 Å². The lowest BCUT2D eigenvalue weighted by Gasteiger charge is -2.12. The van der Waals surface area contributed by atoms with Crippen molar-refractivity contribution in [3.63, 3.8) is 0 Å². The molecule has 9 heteroatoms. The molecule has 1 aliphatic carbocycles. The maximum Gasteiger partial charge on any atom is 0.341 e. The number of fused-ring (bicyclic) bond motifs is 1. The molecule has 8 nitrogen and oxygen atoms in total. The van der Waals surface area contributed by atoms with E-state index >= 15 is 0 Å². The highest BCUT2D eigenvalue weighted by molar-refractivity contribution is 7.17. The first kappa shape index (κ1) is 21.6. The van der Waals surface area contributed by atoms with Gasteiger partial charge in [-0.05, 0) is 56.4 Å². The third-order valence-electron chi connectivity index (χ3n) is 4.70. The fourth-order valence-electron chi connectivity index (χ4n) is 3.31. The highest BCUT2D eigenvalue weighted by Crippen LogP contribution is 2.38. The highest BCUT2D eigenvalue weighted by Gasteiger charge is 2.27. The number of aryl methyl sites for hydroxylation is 1. The number of anilines is 2. The van der Waals surface area contributed by atoms with Crippen molar-refractivity contribution in [2.75, 3.05) is 31.4 Å². The molecule has 0 unspecified atom stereocenters. The van der Waals surface area contributed by atoms with Gasteiger partial charge in [-0.15, -0.1) is 11.3 Å². The molecule has 0 radical (unpaired) electrons. The fourth-order valence-corrected chi connectivity index (χ4v) is 4.61. The predicted octanol–water partition coefficient (Wildman–Crippen LogP) is 3.19. The zero-order valence-corrected chi connectivity index (χ0v) is 17.7. The number of rotatable bonds is 7. The minimum Gasteiger partial charge on any atom is -0.495 e. The van der Waals surface area contributed by atoms with E-state index in [9.17, 15) is 14.4 Å². The van der Waals surface area contributed by atoms with Gasteiger partial charge in [0.05, 0.1) is 30.5 Å². The van der Waals surface area contributed by atoms with E-state index in [-0.39, 0.29) is 12.2 Å². The second-order valence-electron chi connectivity index (χ2n) is 6.72. The molecule has 30 heavy (non-hydrogen) atoms. The van der Waals surface area contributed by atoms with Gasteiger partial charge in [0.2, 0.25) is 0 Å². The maximum atomic E-state index is 12.4. The number of nitrogens with one attached hydrogen (secondary N) is 1. The smallest absolute Gasteiger partial charge is 0.341 e. The van der Waals surface area contributed by atoms with Crippen molar-refractivity contribution >= 4 is 39.9 Å². The first-order chi connectivity index (χ1) is 14.4. The van der Waals surface area contributed by atoms with Crippen LogP contribution in [0.4, 0.5) is 10.7 Å². The zero-order valence-electron chi connectivity index (χ0n) is 16.9. The normalized spacial score (nSPS) is 12.6. The van der Waals surface area contributed by atoms with Crippen molar-refractivity contribution in [2.24, 2.45) is 0 Å². The van der Waals surface area contributed by atoms with Crippen molar-refractivity contribution in [3.8, 4) is 5.75 Å². The van der Waals surface area contributed by atoms with Gasteiger partial charge < -0.3 is 25.3 Å². The van der Waals surface area contributed by atoms with Crippen LogP contribution in [-0.4, -0.2) is 38.2 Å². The largest absolute Gasteiger partial charge is 0.495 e. The summed E-state index contributed by atoms with van der Waals surface area (Å²) < 4.78 is 15.3. The summed E-state index contributed by atoms with van der Waals surface area (Å²) in [6, 6.07) is 4.47. The maximum absolute atomic E-state index is 12.4. The molecule has 0 fully saturated rings. The molecular weight excluding hydrogens is 408 g/mol. The number of hydrogen-bond acceptors (Lipinski definition) is 8. The summed E-state index contributed by atoms with van der Waals surface area (Å²) in [6.07, 6.45) is 3.69. The summed E-state index contributed by atoms with van der Waals surface area (Å²) in [4.78, 5) is 38.1. The Labute approximate surface area is 178 Å². The molecule has 1 amide bonds. The average Bonchev–Trinajstić information content (AvgIpc) is 3.09. The number of carbonyl (C=O) groups is 3. The molecule has 160 valence electrons. The molecule has 0 bridgehead atoms. The van der Waals surface area contributed by atoms with Gasteiger partial charge in [-0.1, -0.05) is 0 Å². The molecule has 1 heterocycles. The lowest BCUT2D eigenvalue weighted by Crippen LogP contribution is -2.22. The topological polar surface area (TPSA) is 117 Å². The van der Waals surface area contributed by atoms with E-state index in [1.165, 1.54) is 30.6 Å². The van der Waals surface area contributed by atoms with E-state index in [0.717, 1.165) is 36.1 Å². The SMILES string of the molecule is CCOC(=O)c1c(NC(=O)COC(=O)c2ccc(OC)c(N)c2)sc2c1CCCC2. The van der Waals surface area contributed by atoms with Gasteiger partial charge in [0, 0.05) is 4.88 Å². The van der Waals surface area contributed by atoms with Crippen LogP contribution < -0.4 is 15.8 Å². The molecule has 0 aliphatic heterocycles. The Hall–Kier alpha value is -3.07. The van der Waals surface area contributed by atoms with Gasteiger partial charge in [0.1, 0.15) is 10.8 Å². The van der Waals surface area contributed by atoms with E-state index in [0.29, 0.717) is 22.0 Å². The van der Waals surface area contributed by atoms with Gasteiger partial charge in [-0.3, -0.25) is 4.79 Å². The van der Waals surface area contributed by atoms with Crippen molar-refractivity contribution < 1.29 is 28.6 Å². The average molecular weight is 432 g/mol. The molecular formula is C21H24N2O6S. The van der Waals surface area contributed by atoms with Crippen LogP contribution in [-0.2, 0) is 27.1 Å². The molecule has 1 aromatic carbocycles. The highest BCUT2D eigenvalue weighted by atomic mass is 32.1. The van der Waals surface area contributed by atoms with E-state index < -0.39 is 24.5 Å². The lowest BCUT2D eigenvalue weighted by molar-refractivity contribution is -0.119. The third kappa shape index (κ3) is 4.73. The molecule has 0 saturated carbocycles. The molecule has 0 spiro atoms. The van der Waals surface area contributed by atoms with E-state index in [4.69, 9.17) is 19.9 Å². The van der Waals surface area contributed by atoms with Crippen LogP contribution in [0.25, 0.3) is 0 Å². The summed E-state index contributed by atoms with van der Waals surface area (Å²) in [7, 11) is 1.47. The van der Waals surface area contributed by atoms with Crippen molar-refractivity contribution in [1.82, 2.24) is 0 Å². The van der Waals surface area contributed by atoms with Gasteiger partial charge in [-0.2, -0.15) is 0 Å². The Morgan fingerprint density at radius 3 is 2.60 bits per heavy atom. The summed E-state index contributed by atoms with van der Waals surface area (Å²) in [5.41, 5.74) is 7.66. The number of thiophene rings is 1. The number of benzene rings is 1. The van der Waals surface area contributed by atoms with Crippen LogP contribution in [0, 0.1) is 0 Å². The Balaban J connectivity index is 1.67. The van der Waals surface area contributed by atoms with Crippen LogP contribution in [0.5, 0.6) is 5.75 Å². The molecule has 0 atom stereocenters. The van der Waals surface area contributed by atoms with Crippen LogP contribution in [0.3, 0.4) is 0 Å². The molecule has 0 saturated heterocycles. The first-order valence-electron chi connectivity index (χ1n) is 9.66. The molecule has 2 aromatic rings. The monoisotopic (exact) mass is 432 g/mol. The first-order valence-corrected chi connectivity index (χ1v) is 10.5. The van der Waals surface area contributed by atoms with Crippen LogP contribution in [0.1, 0.15) is 50.9 Å². The number of hydrogen-bond donors (Lipinski definition) is 2. The number of amides is 1. The van der Waals surface area contributed by atoms with E-state index in [1.54, 1.807) is 13.0 Å². The fraction of sp³-hybridized carbons (Fsp3) is 0.381. The quantitative estimate of drug-likeness (QED) is 0.510.